The van der Waals surface area contributed by atoms with Crippen molar-refractivity contribution >= 4 is 37.8 Å². The van der Waals surface area contributed by atoms with E-state index >= 15 is 0 Å². The van der Waals surface area contributed by atoms with Gasteiger partial charge in [-0.05, 0) is 73.7 Å². The molecule has 0 bridgehead atoms. The Kier molecular flexibility index (Phi) is 7.20. The molecule has 1 fully saturated rings. The second kappa shape index (κ2) is 9.03. The predicted molar refractivity (Wildman–Crippen MR) is 105 cm³/mol. The van der Waals surface area contributed by atoms with Gasteiger partial charge in [0.2, 0.25) is 10.0 Å². The Labute approximate surface area is 172 Å². The molecule has 1 aliphatic rings. The monoisotopic (exact) mass is 471 g/mol. The van der Waals surface area contributed by atoms with E-state index in [4.69, 9.17) is 4.74 Å². The summed E-state index contributed by atoms with van der Waals surface area (Å²) in [6, 6.07) is 5.78. The number of nitrogens with zero attached hydrogens (tertiary/aromatic N) is 1. The molecule has 0 aliphatic heterocycles. The van der Waals surface area contributed by atoms with E-state index in [-0.39, 0.29) is 16.5 Å². The molecule has 1 aromatic carbocycles. The van der Waals surface area contributed by atoms with E-state index in [2.05, 4.69) is 32.0 Å². The van der Waals surface area contributed by atoms with Gasteiger partial charge < -0.3 is 10.1 Å². The molecule has 2 N–H and O–H groups in total. The van der Waals surface area contributed by atoms with Gasteiger partial charge in [0.1, 0.15) is 5.54 Å². The smallest absolute Gasteiger partial charge is 0.339 e. The summed E-state index contributed by atoms with van der Waals surface area (Å²) < 4.78 is 32.4. The number of benzene rings is 1. The highest BCUT2D eigenvalue weighted by molar-refractivity contribution is 9.10. The summed E-state index contributed by atoms with van der Waals surface area (Å²) in [7, 11) is -3.78. The molecular weight excluding hydrogens is 450 g/mol. The number of nitrogens with one attached hydrogen (secondary N) is 2. The van der Waals surface area contributed by atoms with Crippen LogP contribution in [-0.4, -0.2) is 38.5 Å². The Morgan fingerprint density at radius 1 is 1.32 bits per heavy atom. The van der Waals surface area contributed by atoms with Crippen LogP contribution in [0.5, 0.6) is 0 Å². The zero-order valence-electron chi connectivity index (χ0n) is 15.6. The highest BCUT2D eigenvalue weighted by Crippen LogP contribution is 2.28. The van der Waals surface area contributed by atoms with Crippen LogP contribution in [0.4, 0.5) is 0 Å². The average molecular weight is 472 g/mol. The summed E-state index contributed by atoms with van der Waals surface area (Å²) in [5.74, 6) is -1.42. The lowest BCUT2D eigenvalue weighted by Crippen LogP contribution is -2.46. The van der Waals surface area contributed by atoms with E-state index < -0.39 is 34.0 Å². The lowest BCUT2D eigenvalue weighted by molar-refractivity contribution is -0.125. The van der Waals surface area contributed by atoms with Crippen molar-refractivity contribution in [3.05, 3.63) is 28.2 Å². The molecule has 1 saturated carbocycles. The fourth-order valence-electron chi connectivity index (χ4n) is 2.96. The van der Waals surface area contributed by atoms with Gasteiger partial charge in [0, 0.05) is 10.5 Å². The fourth-order valence-corrected chi connectivity index (χ4v) is 4.65. The third-order valence-electron chi connectivity index (χ3n) is 4.24. The van der Waals surface area contributed by atoms with Crippen molar-refractivity contribution in [3.8, 4) is 6.07 Å². The van der Waals surface area contributed by atoms with Gasteiger partial charge in [0.05, 0.1) is 16.5 Å². The number of sulfonamides is 1. The van der Waals surface area contributed by atoms with E-state index in [0.717, 1.165) is 12.8 Å². The highest BCUT2D eigenvalue weighted by atomic mass is 79.9. The zero-order valence-corrected chi connectivity index (χ0v) is 18.0. The van der Waals surface area contributed by atoms with Crippen LogP contribution in [0.3, 0.4) is 0 Å². The molecule has 0 atom stereocenters. The van der Waals surface area contributed by atoms with E-state index in [9.17, 15) is 23.3 Å². The van der Waals surface area contributed by atoms with Crippen LogP contribution < -0.4 is 10.0 Å². The quantitative estimate of drug-likeness (QED) is 0.587. The van der Waals surface area contributed by atoms with Crippen LogP contribution >= 0.6 is 15.9 Å². The van der Waals surface area contributed by atoms with Gasteiger partial charge in [-0.15, -0.1) is 0 Å². The van der Waals surface area contributed by atoms with Crippen LogP contribution in [0.2, 0.25) is 0 Å². The van der Waals surface area contributed by atoms with Crippen LogP contribution in [0.15, 0.2) is 27.6 Å². The van der Waals surface area contributed by atoms with Crippen molar-refractivity contribution in [2.24, 2.45) is 0 Å². The third-order valence-corrected chi connectivity index (χ3v) is 6.59. The van der Waals surface area contributed by atoms with Gasteiger partial charge in [0.25, 0.3) is 5.91 Å². The number of nitriles is 1. The van der Waals surface area contributed by atoms with Crippen molar-refractivity contribution in [3.63, 3.8) is 0 Å². The fraction of sp³-hybridized carbons (Fsp3) is 0.500. The lowest BCUT2D eigenvalue weighted by atomic mass is 10.00. The number of hydrogen-bond donors (Lipinski definition) is 2. The van der Waals surface area contributed by atoms with E-state index in [1.807, 2.05) is 0 Å². The molecule has 10 heteroatoms. The molecule has 0 spiro atoms. The number of amides is 1. The summed E-state index contributed by atoms with van der Waals surface area (Å²) in [6.45, 7) is 2.81. The summed E-state index contributed by atoms with van der Waals surface area (Å²) in [6.07, 6.45) is 2.84. The molecule has 152 valence electrons. The molecule has 0 unspecified atom stereocenters. The average Bonchev–Trinajstić information content (AvgIpc) is 3.07. The number of ether oxygens (including phenoxy) is 1. The largest absolute Gasteiger partial charge is 0.452 e. The minimum atomic E-state index is -3.78. The number of halogens is 1. The standard InChI is InChI=1S/C18H22BrN3O5S/c1-12(2)22-28(25,26)13-5-6-15(19)14(9-13)17(24)27-10-16(23)21-18(11-20)7-3-4-8-18/h5-6,9,12,22H,3-4,7-8,10H2,1-2H3,(H,21,23). The molecule has 0 heterocycles. The first-order valence-corrected chi connectivity index (χ1v) is 11.1. The van der Waals surface area contributed by atoms with Crippen LogP contribution in [0.25, 0.3) is 0 Å². The lowest BCUT2D eigenvalue weighted by Gasteiger charge is -2.21. The molecule has 1 aromatic rings. The minimum absolute atomic E-state index is 0.0182. The minimum Gasteiger partial charge on any atom is -0.452 e. The predicted octanol–water partition coefficient (Wildman–Crippen LogP) is 2.25. The van der Waals surface area contributed by atoms with Gasteiger partial charge in [-0.1, -0.05) is 0 Å². The van der Waals surface area contributed by atoms with Crippen molar-refractivity contribution < 1.29 is 22.7 Å². The van der Waals surface area contributed by atoms with Crippen LogP contribution in [0.1, 0.15) is 49.9 Å². The SMILES string of the molecule is CC(C)NS(=O)(=O)c1ccc(Br)c(C(=O)OCC(=O)NC2(C#N)CCCC2)c1. The maximum atomic E-state index is 12.3. The first-order valence-electron chi connectivity index (χ1n) is 8.80. The second-order valence-corrected chi connectivity index (χ2v) is 9.51. The zero-order chi connectivity index (χ0) is 20.9. The Hall–Kier alpha value is -1.96. The first kappa shape index (κ1) is 22.3. The number of carbonyl (C=O) groups is 2. The van der Waals surface area contributed by atoms with Gasteiger partial charge in [-0.25, -0.2) is 17.9 Å². The van der Waals surface area contributed by atoms with Gasteiger partial charge in [-0.3, -0.25) is 4.79 Å². The summed E-state index contributed by atoms with van der Waals surface area (Å²) in [5.41, 5.74) is -0.920. The summed E-state index contributed by atoms with van der Waals surface area (Å²) >= 11 is 3.19. The van der Waals surface area contributed by atoms with Gasteiger partial charge in [0.15, 0.2) is 6.61 Å². The second-order valence-electron chi connectivity index (χ2n) is 6.94. The molecule has 8 nitrogen and oxygen atoms in total. The van der Waals surface area contributed by atoms with Crippen molar-refractivity contribution in [2.45, 2.75) is 56.0 Å². The van der Waals surface area contributed by atoms with Crippen molar-refractivity contribution in [1.29, 1.82) is 5.26 Å². The highest BCUT2D eigenvalue weighted by Gasteiger charge is 2.35. The van der Waals surface area contributed by atoms with E-state index in [1.54, 1.807) is 13.8 Å². The van der Waals surface area contributed by atoms with Gasteiger partial charge >= 0.3 is 5.97 Å². The molecule has 0 aromatic heterocycles. The Morgan fingerprint density at radius 3 is 2.54 bits per heavy atom. The summed E-state index contributed by atoms with van der Waals surface area (Å²) in [5, 5.41) is 11.9. The normalized spacial score (nSPS) is 15.8. The number of rotatable bonds is 7. The summed E-state index contributed by atoms with van der Waals surface area (Å²) in [4.78, 5) is 24.3. The Balaban J connectivity index is 2.07. The molecule has 0 saturated heterocycles. The number of hydrogen-bond acceptors (Lipinski definition) is 6. The maximum absolute atomic E-state index is 12.3. The van der Waals surface area contributed by atoms with Crippen LogP contribution in [-0.2, 0) is 19.6 Å². The van der Waals surface area contributed by atoms with Crippen molar-refractivity contribution in [2.75, 3.05) is 6.61 Å². The molecule has 28 heavy (non-hydrogen) atoms. The molecule has 2 rings (SSSR count). The van der Waals surface area contributed by atoms with Gasteiger partial charge in [-0.2, -0.15) is 5.26 Å². The van der Waals surface area contributed by atoms with Crippen molar-refractivity contribution in [1.82, 2.24) is 10.0 Å². The van der Waals surface area contributed by atoms with Crippen LogP contribution in [0, 0.1) is 11.3 Å². The number of carbonyl (C=O) groups excluding carboxylic acids is 2. The maximum Gasteiger partial charge on any atom is 0.339 e. The Morgan fingerprint density at radius 2 is 1.96 bits per heavy atom. The van der Waals surface area contributed by atoms with E-state index in [1.165, 1.54) is 18.2 Å². The topological polar surface area (TPSA) is 125 Å². The Bertz CT molecular complexity index is 902. The first-order chi connectivity index (χ1) is 13.1. The van der Waals surface area contributed by atoms with E-state index in [0.29, 0.717) is 17.3 Å². The molecule has 1 amide bonds. The number of esters is 1. The molecular formula is C18H22BrN3O5S. The molecule has 1 aliphatic carbocycles. The molecule has 0 radical (unpaired) electrons. The third kappa shape index (κ3) is 5.53.